The molecule has 110 valence electrons. The first-order valence-corrected chi connectivity index (χ1v) is 6.97. The minimum absolute atomic E-state index is 0.0500. The molecule has 1 saturated carbocycles. The molecule has 2 rings (SSSR count). The fourth-order valence-electron chi connectivity index (χ4n) is 3.06. The maximum absolute atomic E-state index is 12.6. The molecule has 0 unspecified atom stereocenters. The molecule has 1 atom stereocenters. The van der Waals surface area contributed by atoms with Crippen LogP contribution in [0.1, 0.15) is 32.6 Å². The van der Waals surface area contributed by atoms with Gasteiger partial charge in [0.25, 0.3) is 0 Å². The number of halogens is 3. The molecule has 3 nitrogen and oxygen atoms in total. The first kappa shape index (κ1) is 14.6. The largest absolute Gasteiger partial charge is 0.391 e. The normalized spacial score (nSPS) is 33.3. The third-order valence-electron chi connectivity index (χ3n) is 4.22. The topological polar surface area (TPSA) is 32.3 Å². The van der Waals surface area contributed by atoms with Crippen molar-refractivity contribution in [2.45, 2.75) is 44.8 Å². The van der Waals surface area contributed by atoms with Gasteiger partial charge in [-0.2, -0.15) is 13.2 Å². The van der Waals surface area contributed by atoms with Gasteiger partial charge in [-0.25, -0.2) is 0 Å². The zero-order valence-electron chi connectivity index (χ0n) is 11.2. The molecule has 0 spiro atoms. The van der Waals surface area contributed by atoms with E-state index >= 15 is 0 Å². The van der Waals surface area contributed by atoms with Gasteiger partial charge in [0.15, 0.2) is 0 Å². The summed E-state index contributed by atoms with van der Waals surface area (Å²) < 4.78 is 37.7. The smallest absolute Gasteiger partial charge is 0.340 e. The molecule has 0 bridgehead atoms. The van der Waals surface area contributed by atoms with E-state index in [4.69, 9.17) is 0 Å². The molecule has 2 aliphatic rings. The Kier molecular flexibility index (Phi) is 4.38. The predicted molar refractivity (Wildman–Crippen MR) is 65.5 cm³/mol. The van der Waals surface area contributed by atoms with Gasteiger partial charge in [0.2, 0.25) is 5.91 Å². The monoisotopic (exact) mass is 278 g/mol. The Morgan fingerprint density at radius 2 is 1.84 bits per heavy atom. The molecular weight excluding hydrogens is 257 g/mol. The summed E-state index contributed by atoms with van der Waals surface area (Å²) in [5.74, 6) is -1.36. The number of amides is 1. The van der Waals surface area contributed by atoms with Gasteiger partial charge < -0.3 is 10.2 Å². The summed E-state index contributed by atoms with van der Waals surface area (Å²) in [6.45, 7) is 4.12. The molecule has 0 aromatic heterocycles. The van der Waals surface area contributed by atoms with Crippen LogP contribution >= 0.6 is 0 Å². The zero-order chi connectivity index (χ0) is 14.0. The van der Waals surface area contributed by atoms with E-state index in [1.165, 1.54) is 0 Å². The van der Waals surface area contributed by atoms with Crippen LogP contribution in [-0.2, 0) is 4.79 Å². The zero-order valence-corrected chi connectivity index (χ0v) is 11.2. The molecule has 19 heavy (non-hydrogen) atoms. The van der Waals surface area contributed by atoms with Gasteiger partial charge in [-0.05, 0) is 32.6 Å². The molecule has 1 saturated heterocycles. The van der Waals surface area contributed by atoms with Crippen molar-refractivity contribution in [3.63, 3.8) is 0 Å². The number of carbonyl (C=O) groups is 1. The van der Waals surface area contributed by atoms with Gasteiger partial charge in [0.05, 0.1) is 5.92 Å². The molecule has 0 aromatic carbocycles. The molecule has 0 aromatic rings. The maximum atomic E-state index is 12.6. The predicted octanol–water partition coefficient (Wildman–Crippen LogP) is 2.18. The number of hydrogen-bond acceptors (Lipinski definition) is 2. The average Bonchev–Trinajstić information content (AvgIpc) is 2.37. The second kappa shape index (κ2) is 5.69. The lowest BCUT2D eigenvalue weighted by Crippen LogP contribution is -2.53. The SMILES string of the molecule is C[C@@H]1CN(C(=O)C2CCC(C(F)(F)F)CC2)CCN1. The molecule has 6 heteroatoms. The number of nitrogens with zero attached hydrogens (tertiary/aromatic N) is 1. The summed E-state index contributed by atoms with van der Waals surface area (Å²) >= 11 is 0. The van der Waals surface area contributed by atoms with Crippen molar-refractivity contribution in [1.29, 1.82) is 0 Å². The highest BCUT2D eigenvalue weighted by Gasteiger charge is 2.43. The highest BCUT2D eigenvalue weighted by atomic mass is 19.4. The number of nitrogens with one attached hydrogen (secondary N) is 1. The quantitative estimate of drug-likeness (QED) is 0.797. The Balaban J connectivity index is 1.85. The summed E-state index contributed by atoms with van der Waals surface area (Å²) in [4.78, 5) is 14.1. The minimum Gasteiger partial charge on any atom is -0.340 e. The van der Waals surface area contributed by atoms with Crippen molar-refractivity contribution in [2.75, 3.05) is 19.6 Å². The van der Waals surface area contributed by atoms with Crippen molar-refractivity contribution in [3.8, 4) is 0 Å². The first-order chi connectivity index (χ1) is 8.88. The van der Waals surface area contributed by atoms with E-state index < -0.39 is 12.1 Å². The minimum atomic E-state index is -4.10. The van der Waals surface area contributed by atoms with Crippen LogP contribution in [0.4, 0.5) is 13.2 Å². The second-order valence-corrected chi connectivity index (χ2v) is 5.73. The van der Waals surface area contributed by atoms with Crippen molar-refractivity contribution in [2.24, 2.45) is 11.8 Å². The molecule has 1 N–H and O–H groups in total. The molecule has 0 radical (unpaired) electrons. The summed E-state index contributed by atoms with van der Waals surface area (Å²) in [6.07, 6.45) is -3.15. The first-order valence-electron chi connectivity index (χ1n) is 6.97. The van der Waals surface area contributed by atoms with Crippen LogP contribution in [0, 0.1) is 11.8 Å². The van der Waals surface area contributed by atoms with Gasteiger partial charge in [-0.1, -0.05) is 0 Å². The molecule has 1 aliphatic heterocycles. The Labute approximate surface area is 111 Å². The molecule has 1 heterocycles. The Hall–Kier alpha value is -0.780. The van der Waals surface area contributed by atoms with Gasteiger partial charge >= 0.3 is 6.18 Å². The lowest BCUT2D eigenvalue weighted by molar-refractivity contribution is -0.185. The number of rotatable bonds is 1. The van der Waals surface area contributed by atoms with Crippen molar-refractivity contribution >= 4 is 5.91 Å². The highest BCUT2D eigenvalue weighted by molar-refractivity contribution is 5.79. The number of piperazine rings is 1. The number of hydrogen-bond donors (Lipinski definition) is 1. The van der Waals surface area contributed by atoms with Crippen LogP contribution in [-0.4, -0.2) is 42.7 Å². The summed E-state index contributed by atoms with van der Waals surface area (Å²) in [7, 11) is 0. The standard InChI is InChI=1S/C13H21F3N2O/c1-9-8-18(7-6-17-9)12(19)10-2-4-11(5-3-10)13(14,15)16/h9-11,17H,2-8H2,1H3/t9-,10?,11?/m1/s1. The molecule has 2 fully saturated rings. The highest BCUT2D eigenvalue weighted by Crippen LogP contribution is 2.39. The lowest BCUT2D eigenvalue weighted by Gasteiger charge is -2.36. The Bertz CT molecular complexity index is 324. The second-order valence-electron chi connectivity index (χ2n) is 5.73. The van der Waals surface area contributed by atoms with Gasteiger partial charge in [-0.15, -0.1) is 0 Å². The average molecular weight is 278 g/mol. The van der Waals surface area contributed by atoms with Crippen LogP contribution in [0.15, 0.2) is 0 Å². The van der Waals surface area contributed by atoms with Crippen molar-refractivity contribution < 1.29 is 18.0 Å². The van der Waals surface area contributed by atoms with Crippen LogP contribution in [0.5, 0.6) is 0 Å². The van der Waals surface area contributed by atoms with E-state index in [0.29, 0.717) is 25.9 Å². The summed E-state index contributed by atoms with van der Waals surface area (Å²) in [5, 5.41) is 3.25. The van der Waals surface area contributed by atoms with E-state index in [2.05, 4.69) is 5.32 Å². The summed E-state index contributed by atoms with van der Waals surface area (Å²) in [5.41, 5.74) is 0. The molecular formula is C13H21F3N2O. The van der Waals surface area contributed by atoms with Crippen LogP contribution in [0.2, 0.25) is 0 Å². The lowest BCUT2D eigenvalue weighted by atomic mass is 9.81. The molecule has 1 aliphatic carbocycles. The van der Waals surface area contributed by atoms with Gasteiger partial charge in [0.1, 0.15) is 0 Å². The number of carbonyl (C=O) groups excluding carboxylic acids is 1. The fraction of sp³-hybridized carbons (Fsp3) is 0.923. The van der Waals surface area contributed by atoms with E-state index in [1.807, 2.05) is 6.92 Å². The van der Waals surface area contributed by atoms with Crippen LogP contribution in [0.25, 0.3) is 0 Å². The third-order valence-corrected chi connectivity index (χ3v) is 4.22. The Morgan fingerprint density at radius 1 is 1.21 bits per heavy atom. The molecule has 1 amide bonds. The van der Waals surface area contributed by atoms with Crippen molar-refractivity contribution in [3.05, 3.63) is 0 Å². The van der Waals surface area contributed by atoms with E-state index in [9.17, 15) is 18.0 Å². The van der Waals surface area contributed by atoms with Crippen LogP contribution < -0.4 is 5.32 Å². The fourth-order valence-corrected chi connectivity index (χ4v) is 3.06. The van der Waals surface area contributed by atoms with Crippen LogP contribution in [0.3, 0.4) is 0 Å². The van der Waals surface area contributed by atoms with Gasteiger partial charge in [-0.3, -0.25) is 4.79 Å². The number of alkyl halides is 3. The van der Waals surface area contributed by atoms with E-state index in [0.717, 1.165) is 6.54 Å². The third kappa shape index (κ3) is 3.61. The van der Waals surface area contributed by atoms with Gasteiger partial charge in [0, 0.05) is 31.6 Å². The van der Waals surface area contributed by atoms with E-state index in [1.54, 1.807) is 4.90 Å². The maximum Gasteiger partial charge on any atom is 0.391 e. The Morgan fingerprint density at radius 3 is 2.37 bits per heavy atom. The van der Waals surface area contributed by atoms with Crippen molar-refractivity contribution in [1.82, 2.24) is 10.2 Å². The van der Waals surface area contributed by atoms with E-state index in [-0.39, 0.29) is 30.7 Å². The summed E-state index contributed by atoms with van der Waals surface area (Å²) in [6, 6.07) is 0.268.